The van der Waals surface area contributed by atoms with Crippen molar-refractivity contribution in [3.8, 4) is 0 Å². The van der Waals surface area contributed by atoms with Gasteiger partial charge < -0.3 is 15.6 Å². The summed E-state index contributed by atoms with van der Waals surface area (Å²) < 4.78 is 5.14. The molecule has 0 aliphatic carbocycles. The molecule has 0 aliphatic heterocycles. The minimum absolute atomic E-state index is 0.384. The van der Waals surface area contributed by atoms with Gasteiger partial charge in [0.05, 0.1) is 12.7 Å². The fraction of sp³-hybridized carbons (Fsp3) is 0.500. The van der Waals surface area contributed by atoms with Crippen molar-refractivity contribution in [3.05, 3.63) is 23.8 Å². The number of anilines is 1. The number of hydrogen-bond donors (Lipinski definition) is 2. The standard InChI is InChI=1S/C12H19NO2S/c1-3-15-7-10(14)8-16-12-5-4-9(2)6-11(12)13/h4-6,10,14H,3,7-8,13H2,1-2H3. The summed E-state index contributed by atoms with van der Waals surface area (Å²) in [5.74, 6) is 0.604. The normalized spacial score (nSPS) is 12.7. The van der Waals surface area contributed by atoms with Crippen LogP contribution in [0.4, 0.5) is 5.69 Å². The molecule has 1 aromatic carbocycles. The minimum Gasteiger partial charge on any atom is -0.398 e. The lowest BCUT2D eigenvalue weighted by atomic mass is 10.2. The molecule has 0 radical (unpaired) electrons. The highest BCUT2D eigenvalue weighted by Crippen LogP contribution is 2.26. The van der Waals surface area contributed by atoms with E-state index in [0.717, 1.165) is 16.1 Å². The second kappa shape index (κ2) is 6.78. The Morgan fingerprint density at radius 1 is 1.50 bits per heavy atom. The van der Waals surface area contributed by atoms with E-state index in [2.05, 4.69) is 0 Å². The molecule has 0 aromatic heterocycles. The molecule has 0 spiro atoms. The number of thioether (sulfide) groups is 1. The Bertz CT molecular complexity index is 331. The molecule has 0 fully saturated rings. The molecule has 0 saturated carbocycles. The third-order valence-electron chi connectivity index (χ3n) is 2.11. The summed E-state index contributed by atoms with van der Waals surface area (Å²) in [4.78, 5) is 1.01. The number of aliphatic hydroxyl groups excluding tert-OH is 1. The smallest absolute Gasteiger partial charge is 0.0867 e. The van der Waals surface area contributed by atoms with Crippen molar-refractivity contribution in [2.45, 2.75) is 24.8 Å². The number of nitrogen functional groups attached to an aromatic ring is 1. The highest BCUT2D eigenvalue weighted by atomic mass is 32.2. The van der Waals surface area contributed by atoms with E-state index in [1.165, 1.54) is 0 Å². The number of nitrogens with two attached hydrogens (primary N) is 1. The van der Waals surface area contributed by atoms with Crippen LogP contribution in [0.5, 0.6) is 0 Å². The monoisotopic (exact) mass is 241 g/mol. The first-order chi connectivity index (χ1) is 7.63. The van der Waals surface area contributed by atoms with E-state index >= 15 is 0 Å². The van der Waals surface area contributed by atoms with E-state index in [0.29, 0.717) is 19.0 Å². The molecule has 1 atom stereocenters. The molecule has 1 rings (SSSR count). The van der Waals surface area contributed by atoms with Crippen LogP contribution in [-0.4, -0.2) is 30.2 Å². The Balaban J connectivity index is 2.42. The van der Waals surface area contributed by atoms with E-state index < -0.39 is 6.10 Å². The molecule has 0 aliphatic rings. The van der Waals surface area contributed by atoms with Gasteiger partial charge in [0.1, 0.15) is 0 Å². The van der Waals surface area contributed by atoms with E-state index in [1.54, 1.807) is 11.8 Å². The average Bonchev–Trinajstić information content (AvgIpc) is 2.25. The first kappa shape index (κ1) is 13.4. The largest absolute Gasteiger partial charge is 0.398 e. The van der Waals surface area contributed by atoms with E-state index in [-0.39, 0.29) is 0 Å². The lowest BCUT2D eigenvalue weighted by molar-refractivity contribution is 0.0551. The van der Waals surface area contributed by atoms with Crippen LogP contribution < -0.4 is 5.73 Å². The fourth-order valence-electron chi connectivity index (χ4n) is 1.29. The van der Waals surface area contributed by atoms with Crippen molar-refractivity contribution in [1.82, 2.24) is 0 Å². The number of hydrogen-bond acceptors (Lipinski definition) is 4. The van der Waals surface area contributed by atoms with Crippen LogP contribution >= 0.6 is 11.8 Å². The molecular formula is C12H19NO2S. The summed E-state index contributed by atoms with van der Waals surface area (Å²) in [6, 6.07) is 5.95. The predicted molar refractivity (Wildman–Crippen MR) is 68.8 cm³/mol. The Kier molecular flexibility index (Phi) is 5.66. The van der Waals surface area contributed by atoms with Crippen molar-refractivity contribution in [1.29, 1.82) is 0 Å². The average molecular weight is 241 g/mol. The van der Waals surface area contributed by atoms with Gasteiger partial charge in [0.15, 0.2) is 0 Å². The molecule has 3 nitrogen and oxygen atoms in total. The first-order valence-corrected chi connectivity index (χ1v) is 6.36. The highest BCUT2D eigenvalue weighted by molar-refractivity contribution is 7.99. The van der Waals surface area contributed by atoms with Crippen molar-refractivity contribution in [2.75, 3.05) is 24.7 Å². The minimum atomic E-state index is -0.439. The summed E-state index contributed by atoms with van der Waals surface area (Å²) >= 11 is 1.56. The number of aryl methyl sites for hydroxylation is 1. The third-order valence-corrected chi connectivity index (χ3v) is 3.35. The Labute approximate surface area is 101 Å². The molecular weight excluding hydrogens is 222 g/mol. The van der Waals surface area contributed by atoms with E-state index in [9.17, 15) is 5.11 Å². The number of ether oxygens (including phenoxy) is 1. The van der Waals surface area contributed by atoms with Gasteiger partial charge in [0.25, 0.3) is 0 Å². The summed E-state index contributed by atoms with van der Waals surface area (Å²) in [5.41, 5.74) is 7.80. The maximum atomic E-state index is 9.60. The molecule has 3 N–H and O–H groups in total. The molecule has 0 amide bonds. The molecule has 16 heavy (non-hydrogen) atoms. The van der Waals surface area contributed by atoms with Crippen molar-refractivity contribution >= 4 is 17.4 Å². The number of benzene rings is 1. The number of rotatable bonds is 6. The maximum Gasteiger partial charge on any atom is 0.0867 e. The zero-order valence-electron chi connectivity index (χ0n) is 9.77. The molecule has 4 heteroatoms. The van der Waals surface area contributed by atoms with Gasteiger partial charge in [-0.05, 0) is 31.5 Å². The quantitative estimate of drug-likeness (QED) is 0.591. The van der Waals surface area contributed by atoms with Crippen LogP contribution in [0.3, 0.4) is 0 Å². The second-order valence-electron chi connectivity index (χ2n) is 3.67. The second-order valence-corrected chi connectivity index (χ2v) is 4.73. The van der Waals surface area contributed by atoms with Crippen LogP contribution in [0, 0.1) is 6.92 Å². The molecule has 90 valence electrons. The zero-order chi connectivity index (χ0) is 12.0. The number of aliphatic hydroxyl groups is 1. The van der Waals surface area contributed by atoms with Crippen LogP contribution in [0.15, 0.2) is 23.1 Å². The Morgan fingerprint density at radius 2 is 2.25 bits per heavy atom. The van der Waals surface area contributed by atoms with Gasteiger partial charge in [-0.15, -0.1) is 11.8 Å². The summed E-state index contributed by atoms with van der Waals surface area (Å²) in [7, 11) is 0. The molecule has 0 heterocycles. The Hall–Kier alpha value is -0.710. The highest BCUT2D eigenvalue weighted by Gasteiger charge is 2.06. The molecule has 1 unspecified atom stereocenters. The summed E-state index contributed by atoms with van der Waals surface area (Å²) in [6.45, 7) is 4.94. The van der Waals surface area contributed by atoms with Gasteiger partial charge in [0.2, 0.25) is 0 Å². The van der Waals surface area contributed by atoms with E-state index in [1.807, 2.05) is 32.0 Å². The lowest BCUT2D eigenvalue weighted by Crippen LogP contribution is -2.17. The lowest BCUT2D eigenvalue weighted by Gasteiger charge is -2.11. The van der Waals surface area contributed by atoms with Crippen molar-refractivity contribution < 1.29 is 9.84 Å². The van der Waals surface area contributed by atoms with Crippen molar-refractivity contribution in [2.24, 2.45) is 0 Å². The molecule has 0 saturated heterocycles. The van der Waals surface area contributed by atoms with E-state index in [4.69, 9.17) is 10.5 Å². The third kappa shape index (κ3) is 4.43. The SMILES string of the molecule is CCOCC(O)CSc1ccc(C)cc1N. The van der Waals surface area contributed by atoms with Crippen LogP contribution in [0.2, 0.25) is 0 Å². The topological polar surface area (TPSA) is 55.5 Å². The van der Waals surface area contributed by atoms with Crippen LogP contribution in [0.1, 0.15) is 12.5 Å². The van der Waals surface area contributed by atoms with Gasteiger partial charge >= 0.3 is 0 Å². The van der Waals surface area contributed by atoms with Crippen LogP contribution in [0.25, 0.3) is 0 Å². The van der Waals surface area contributed by atoms with Gasteiger partial charge in [-0.1, -0.05) is 6.07 Å². The summed E-state index contributed by atoms with van der Waals surface area (Å²) in [5, 5.41) is 9.60. The predicted octanol–water partition coefficient (Wildman–Crippen LogP) is 2.07. The first-order valence-electron chi connectivity index (χ1n) is 5.38. The van der Waals surface area contributed by atoms with Crippen molar-refractivity contribution in [3.63, 3.8) is 0 Å². The summed E-state index contributed by atoms with van der Waals surface area (Å²) in [6.07, 6.45) is -0.439. The van der Waals surface area contributed by atoms with Gasteiger partial charge in [-0.2, -0.15) is 0 Å². The van der Waals surface area contributed by atoms with Gasteiger partial charge in [-0.25, -0.2) is 0 Å². The van der Waals surface area contributed by atoms with Crippen LogP contribution in [-0.2, 0) is 4.74 Å². The maximum absolute atomic E-state index is 9.60. The zero-order valence-corrected chi connectivity index (χ0v) is 10.6. The van der Waals surface area contributed by atoms with Gasteiger partial charge in [0, 0.05) is 22.9 Å². The van der Waals surface area contributed by atoms with Gasteiger partial charge in [-0.3, -0.25) is 0 Å². The fourth-order valence-corrected chi connectivity index (χ4v) is 2.15. The molecule has 1 aromatic rings. The Morgan fingerprint density at radius 3 is 2.88 bits per heavy atom. The molecule has 0 bridgehead atoms.